The van der Waals surface area contributed by atoms with Crippen LogP contribution in [-0.2, 0) is 4.79 Å². The fourth-order valence-electron chi connectivity index (χ4n) is 2.62. The third-order valence-electron chi connectivity index (χ3n) is 3.92. The predicted molar refractivity (Wildman–Crippen MR) is 81.7 cm³/mol. The van der Waals surface area contributed by atoms with Crippen LogP contribution in [0.15, 0.2) is 18.2 Å². The minimum absolute atomic E-state index is 0.0897. The van der Waals surface area contributed by atoms with Gasteiger partial charge in [-0.25, -0.2) is 0 Å². The third-order valence-corrected chi connectivity index (χ3v) is 3.92. The Morgan fingerprint density at radius 2 is 2.00 bits per heavy atom. The summed E-state index contributed by atoms with van der Waals surface area (Å²) in [6, 6.07) is 5.48. The second-order valence-electron chi connectivity index (χ2n) is 5.51. The Bertz CT molecular complexity index is 536. The van der Waals surface area contributed by atoms with Crippen LogP contribution in [-0.4, -0.2) is 42.4 Å². The van der Waals surface area contributed by atoms with Gasteiger partial charge in [-0.05, 0) is 37.5 Å². The summed E-state index contributed by atoms with van der Waals surface area (Å²) in [5, 5.41) is 3.04. The second kappa shape index (κ2) is 6.58. The molecular weight excluding hydrogens is 268 g/mol. The summed E-state index contributed by atoms with van der Waals surface area (Å²) in [5.41, 5.74) is 13.1. The van der Waals surface area contributed by atoms with Gasteiger partial charge in [0, 0.05) is 30.4 Å². The van der Waals surface area contributed by atoms with Crippen LogP contribution in [0, 0.1) is 6.92 Å². The molecule has 1 aromatic carbocycles. The summed E-state index contributed by atoms with van der Waals surface area (Å²) in [4.78, 5) is 25.2. The van der Waals surface area contributed by atoms with Crippen molar-refractivity contribution < 1.29 is 9.59 Å². The summed E-state index contributed by atoms with van der Waals surface area (Å²) in [6.07, 6.45) is 1.64. The van der Waals surface area contributed by atoms with Gasteiger partial charge in [0.1, 0.15) is 0 Å². The van der Waals surface area contributed by atoms with Crippen molar-refractivity contribution in [1.82, 2.24) is 10.2 Å². The lowest BCUT2D eigenvalue weighted by Gasteiger charge is -2.31. The minimum Gasteiger partial charge on any atom is -0.398 e. The number of piperidine rings is 1. The normalized spacial score (nSPS) is 16.6. The number of amides is 2. The van der Waals surface area contributed by atoms with Crippen molar-refractivity contribution in [3.8, 4) is 0 Å². The van der Waals surface area contributed by atoms with Crippen molar-refractivity contribution in [3.05, 3.63) is 29.3 Å². The lowest BCUT2D eigenvalue weighted by molar-refractivity contribution is -0.119. The zero-order chi connectivity index (χ0) is 15.4. The number of carbonyl (C=O) groups is 2. The van der Waals surface area contributed by atoms with Crippen LogP contribution in [0.25, 0.3) is 0 Å². The molecule has 1 fully saturated rings. The summed E-state index contributed by atoms with van der Waals surface area (Å²) in [7, 11) is 0. The SMILES string of the molecule is Cc1c(N)cccc1C(=O)NC1CCN(CC(N)=O)CC1. The molecule has 6 nitrogen and oxygen atoms in total. The van der Waals surface area contributed by atoms with Gasteiger partial charge in [0.2, 0.25) is 5.91 Å². The second-order valence-corrected chi connectivity index (χ2v) is 5.51. The highest BCUT2D eigenvalue weighted by Gasteiger charge is 2.22. The molecule has 0 spiro atoms. The quantitative estimate of drug-likeness (QED) is 0.692. The van der Waals surface area contributed by atoms with Crippen molar-refractivity contribution in [2.45, 2.75) is 25.8 Å². The molecule has 1 aliphatic heterocycles. The zero-order valence-electron chi connectivity index (χ0n) is 12.3. The molecule has 1 aromatic rings. The molecule has 0 atom stereocenters. The van der Waals surface area contributed by atoms with E-state index in [1.165, 1.54) is 0 Å². The Balaban J connectivity index is 1.90. The molecule has 6 heteroatoms. The van der Waals surface area contributed by atoms with E-state index in [2.05, 4.69) is 5.32 Å². The van der Waals surface area contributed by atoms with Gasteiger partial charge in [-0.1, -0.05) is 6.07 Å². The van der Waals surface area contributed by atoms with E-state index in [1.807, 2.05) is 11.8 Å². The number of anilines is 1. The number of likely N-dealkylation sites (tertiary alicyclic amines) is 1. The zero-order valence-corrected chi connectivity index (χ0v) is 12.3. The molecule has 1 saturated heterocycles. The lowest BCUT2D eigenvalue weighted by Crippen LogP contribution is -2.46. The molecule has 0 saturated carbocycles. The maximum Gasteiger partial charge on any atom is 0.251 e. The van der Waals surface area contributed by atoms with Crippen molar-refractivity contribution in [2.75, 3.05) is 25.4 Å². The van der Waals surface area contributed by atoms with Crippen LogP contribution in [0.4, 0.5) is 5.69 Å². The van der Waals surface area contributed by atoms with Crippen molar-refractivity contribution in [1.29, 1.82) is 0 Å². The Kier molecular flexibility index (Phi) is 4.80. The predicted octanol–water partition coefficient (Wildman–Crippen LogP) is 0.257. The third kappa shape index (κ3) is 3.95. The fourth-order valence-corrected chi connectivity index (χ4v) is 2.62. The highest BCUT2D eigenvalue weighted by Crippen LogP contribution is 2.17. The maximum atomic E-state index is 12.3. The number of rotatable bonds is 4. The standard InChI is InChI=1S/C15H22N4O2/c1-10-12(3-2-4-13(10)16)15(21)18-11-5-7-19(8-6-11)9-14(17)20/h2-4,11H,5-9,16H2,1H3,(H2,17,20)(H,18,21). The topological polar surface area (TPSA) is 101 Å². The van der Waals surface area contributed by atoms with Gasteiger partial charge in [-0.15, -0.1) is 0 Å². The highest BCUT2D eigenvalue weighted by molar-refractivity contribution is 5.97. The lowest BCUT2D eigenvalue weighted by atomic mass is 10.0. The van der Waals surface area contributed by atoms with Crippen LogP contribution in [0.3, 0.4) is 0 Å². The molecule has 0 aliphatic carbocycles. The molecule has 0 aromatic heterocycles. The van der Waals surface area contributed by atoms with Gasteiger partial charge in [-0.3, -0.25) is 14.5 Å². The number of nitrogens with two attached hydrogens (primary N) is 2. The smallest absolute Gasteiger partial charge is 0.251 e. The summed E-state index contributed by atoms with van der Waals surface area (Å²) in [5.74, 6) is -0.402. The van der Waals surface area contributed by atoms with Gasteiger partial charge in [0.15, 0.2) is 0 Å². The Morgan fingerprint density at radius 3 is 2.62 bits per heavy atom. The maximum absolute atomic E-state index is 12.3. The van der Waals surface area contributed by atoms with E-state index >= 15 is 0 Å². The first kappa shape index (κ1) is 15.3. The van der Waals surface area contributed by atoms with Crippen molar-refractivity contribution in [2.24, 2.45) is 5.73 Å². The van der Waals surface area contributed by atoms with Gasteiger partial charge >= 0.3 is 0 Å². The summed E-state index contributed by atoms with van der Waals surface area (Å²) in [6.45, 7) is 3.67. The summed E-state index contributed by atoms with van der Waals surface area (Å²) >= 11 is 0. The average molecular weight is 290 g/mol. The molecule has 1 heterocycles. The van der Waals surface area contributed by atoms with Crippen LogP contribution < -0.4 is 16.8 Å². The van der Waals surface area contributed by atoms with Crippen molar-refractivity contribution >= 4 is 17.5 Å². The number of nitrogens with zero attached hydrogens (tertiary/aromatic N) is 1. The van der Waals surface area contributed by atoms with Crippen molar-refractivity contribution in [3.63, 3.8) is 0 Å². The number of hydrogen-bond donors (Lipinski definition) is 3. The van der Waals surface area contributed by atoms with E-state index in [4.69, 9.17) is 11.5 Å². The fraction of sp³-hybridized carbons (Fsp3) is 0.467. The number of benzene rings is 1. The van der Waals surface area contributed by atoms with Gasteiger partial charge in [0.05, 0.1) is 6.54 Å². The van der Waals surface area contributed by atoms with Gasteiger partial charge < -0.3 is 16.8 Å². The molecule has 0 unspecified atom stereocenters. The molecule has 5 N–H and O–H groups in total. The van der Waals surface area contributed by atoms with E-state index in [0.717, 1.165) is 31.5 Å². The largest absolute Gasteiger partial charge is 0.398 e. The molecule has 1 aliphatic rings. The van der Waals surface area contributed by atoms with E-state index in [-0.39, 0.29) is 24.4 Å². The molecular formula is C15H22N4O2. The van der Waals surface area contributed by atoms with E-state index in [1.54, 1.807) is 18.2 Å². The van der Waals surface area contributed by atoms with E-state index < -0.39 is 0 Å². The molecule has 114 valence electrons. The van der Waals surface area contributed by atoms with Gasteiger partial charge in [0.25, 0.3) is 5.91 Å². The number of primary amides is 1. The Morgan fingerprint density at radius 1 is 1.33 bits per heavy atom. The first-order chi connectivity index (χ1) is 9.97. The molecule has 0 radical (unpaired) electrons. The number of nitrogens with one attached hydrogen (secondary N) is 1. The Hall–Kier alpha value is -2.08. The molecule has 2 amide bonds. The number of nitrogen functional groups attached to an aromatic ring is 1. The highest BCUT2D eigenvalue weighted by atomic mass is 16.2. The monoisotopic (exact) mass is 290 g/mol. The number of hydrogen-bond acceptors (Lipinski definition) is 4. The Labute approximate surface area is 124 Å². The van der Waals surface area contributed by atoms with Crippen LogP contribution in [0.2, 0.25) is 0 Å². The first-order valence-electron chi connectivity index (χ1n) is 7.14. The van der Waals surface area contributed by atoms with Crippen LogP contribution >= 0.6 is 0 Å². The average Bonchev–Trinajstić information content (AvgIpc) is 2.43. The van der Waals surface area contributed by atoms with Crippen LogP contribution in [0.1, 0.15) is 28.8 Å². The minimum atomic E-state index is -0.312. The molecule has 21 heavy (non-hydrogen) atoms. The van der Waals surface area contributed by atoms with E-state index in [0.29, 0.717) is 11.3 Å². The first-order valence-corrected chi connectivity index (χ1v) is 7.14. The molecule has 2 rings (SSSR count). The van der Waals surface area contributed by atoms with E-state index in [9.17, 15) is 9.59 Å². The van der Waals surface area contributed by atoms with Gasteiger partial charge in [-0.2, -0.15) is 0 Å². The van der Waals surface area contributed by atoms with Crippen LogP contribution in [0.5, 0.6) is 0 Å². The molecule has 0 bridgehead atoms. The summed E-state index contributed by atoms with van der Waals surface area (Å²) < 4.78 is 0. The number of carbonyl (C=O) groups excluding carboxylic acids is 2.